The van der Waals surface area contributed by atoms with E-state index in [1.165, 1.54) is 18.3 Å². The molecule has 1 amide bonds. The average Bonchev–Trinajstić information content (AvgIpc) is 2.36. The molecule has 0 aliphatic carbocycles. The molecule has 1 rings (SSSR count). The highest BCUT2D eigenvalue weighted by molar-refractivity contribution is 7.09. The third-order valence-electron chi connectivity index (χ3n) is 1.26. The molecular formula is C7H10N2O2S. The number of amides is 1. The van der Waals surface area contributed by atoms with Gasteiger partial charge >= 0.3 is 0 Å². The number of hydroxylamine groups is 1. The standard InChI is InChI=1S/C7H10N2O2S/c1-5-7(12-4-8-5)3-11-9-6(2)10/h4H,3H2,1-2H3,(H,9,10). The summed E-state index contributed by atoms with van der Waals surface area (Å²) in [6, 6.07) is 0. The molecule has 5 heteroatoms. The number of nitrogens with one attached hydrogen (secondary N) is 1. The van der Waals surface area contributed by atoms with Gasteiger partial charge in [0.2, 0.25) is 5.91 Å². The first-order valence-electron chi connectivity index (χ1n) is 3.47. The average molecular weight is 186 g/mol. The van der Waals surface area contributed by atoms with Crippen molar-refractivity contribution in [2.75, 3.05) is 0 Å². The van der Waals surface area contributed by atoms with E-state index in [-0.39, 0.29) is 5.91 Å². The van der Waals surface area contributed by atoms with Crippen molar-refractivity contribution >= 4 is 17.2 Å². The maximum atomic E-state index is 10.4. The van der Waals surface area contributed by atoms with E-state index < -0.39 is 0 Å². The molecule has 0 saturated carbocycles. The Kier molecular flexibility index (Phi) is 3.19. The summed E-state index contributed by atoms with van der Waals surface area (Å²) in [5.74, 6) is -0.197. The molecule has 1 aromatic rings. The van der Waals surface area contributed by atoms with Crippen LogP contribution in [0, 0.1) is 6.92 Å². The molecule has 0 bridgehead atoms. The van der Waals surface area contributed by atoms with Crippen LogP contribution in [0.25, 0.3) is 0 Å². The zero-order valence-corrected chi connectivity index (χ0v) is 7.77. The second-order valence-corrected chi connectivity index (χ2v) is 3.25. The molecule has 0 atom stereocenters. The van der Waals surface area contributed by atoms with Gasteiger partial charge in [0, 0.05) is 6.92 Å². The van der Waals surface area contributed by atoms with Crippen molar-refractivity contribution in [1.82, 2.24) is 10.5 Å². The molecule has 66 valence electrons. The molecule has 1 aromatic heterocycles. The third kappa shape index (κ3) is 2.60. The molecule has 4 nitrogen and oxygen atoms in total. The van der Waals surface area contributed by atoms with E-state index in [0.717, 1.165) is 10.6 Å². The number of carbonyl (C=O) groups excluding carboxylic acids is 1. The Bertz CT molecular complexity index is 272. The number of nitrogens with zero attached hydrogens (tertiary/aromatic N) is 1. The first kappa shape index (κ1) is 9.15. The van der Waals surface area contributed by atoms with Gasteiger partial charge in [-0.3, -0.25) is 9.63 Å². The number of aromatic nitrogens is 1. The molecule has 12 heavy (non-hydrogen) atoms. The van der Waals surface area contributed by atoms with Crippen molar-refractivity contribution in [3.8, 4) is 0 Å². The van der Waals surface area contributed by atoms with Gasteiger partial charge in [-0.05, 0) is 6.92 Å². The van der Waals surface area contributed by atoms with Gasteiger partial charge in [0.05, 0.1) is 16.1 Å². The van der Waals surface area contributed by atoms with E-state index in [1.807, 2.05) is 6.92 Å². The van der Waals surface area contributed by atoms with E-state index in [1.54, 1.807) is 5.51 Å². The number of hydrogen-bond acceptors (Lipinski definition) is 4. The SMILES string of the molecule is CC(=O)NOCc1scnc1C. The Hall–Kier alpha value is -0.940. The van der Waals surface area contributed by atoms with Crippen LogP contribution >= 0.6 is 11.3 Å². The van der Waals surface area contributed by atoms with Crippen molar-refractivity contribution in [3.63, 3.8) is 0 Å². The van der Waals surface area contributed by atoms with Gasteiger partial charge in [-0.2, -0.15) is 0 Å². The van der Waals surface area contributed by atoms with Crippen LogP contribution in [0.4, 0.5) is 0 Å². The van der Waals surface area contributed by atoms with Crippen LogP contribution in [0.1, 0.15) is 17.5 Å². The number of rotatable bonds is 3. The molecule has 0 fully saturated rings. The summed E-state index contributed by atoms with van der Waals surface area (Å²) < 4.78 is 0. The summed E-state index contributed by atoms with van der Waals surface area (Å²) >= 11 is 1.51. The van der Waals surface area contributed by atoms with Crippen LogP contribution in [0.2, 0.25) is 0 Å². The summed E-state index contributed by atoms with van der Waals surface area (Å²) in [6.45, 7) is 3.69. The van der Waals surface area contributed by atoms with Gasteiger partial charge in [-0.15, -0.1) is 11.3 Å². The Labute approximate surface area is 74.5 Å². The zero-order valence-electron chi connectivity index (χ0n) is 6.96. The predicted molar refractivity (Wildman–Crippen MR) is 45.5 cm³/mol. The van der Waals surface area contributed by atoms with Crippen LogP contribution < -0.4 is 5.48 Å². The van der Waals surface area contributed by atoms with E-state index >= 15 is 0 Å². The Morgan fingerprint density at radius 3 is 3.08 bits per heavy atom. The minimum absolute atomic E-state index is 0.197. The van der Waals surface area contributed by atoms with Gasteiger partial charge in [-0.1, -0.05) is 0 Å². The fourth-order valence-corrected chi connectivity index (χ4v) is 1.36. The highest BCUT2D eigenvalue weighted by Gasteiger charge is 2.00. The summed E-state index contributed by atoms with van der Waals surface area (Å²) in [5, 5.41) is 0. The number of aryl methyl sites for hydroxylation is 1. The van der Waals surface area contributed by atoms with E-state index in [0.29, 0.717) is 6.61 Å². The van der Waals surface area contributed by atoms with Gasteiger partial charge in [0.15, 0.2) is 0 Å². The van der Waals surface area contributed by atoms with Crippen molar-refractivity contribution in [3.05, 3.63) is 16.1 Å². The lowest BCUT2D eigenvalue weighted by Gasteiger charge is -2.00. The summed E-state index contributed by atoms with van der Waals surface area (Å²) in [5.41, 5.74) is 4.95. The maximum absolute atomic E-state index is 10.4. The molecule has 0 spiro atoms. The molecule has 1 heterocycles. The monoisotopic (exact) mass is 186 g/mol. The Balaban J connectivity index is 2.33. The van der Waals surface area contributed by atoms with Gasteiger partial charge < -0.3 is 0 Å². The topological polar surface area (TPSA) is 51.2 Å². The lowest BCUT2D eigenvalue weighted by Crippen LogP contribution is -2.19. The van der Waals surface area contributed by atoms with Crippen LogP contribution in [0.5, 0.6) is 0 Å². The van der Waals surface area contributed by atoms with Crippen LogP contribution in [-0.4, -0.2) is 10.9 Å². The minimum Gasteiger partial charge on any atom is -0.273 e. The summed E-state index contributed by atoms with van der Waals surface area (Å²) in [6.07, 6.45) is 0. The number of hydrogen-bond donors (Lipinski definition) is 1. The lowest BCUT2D eigenvalue weighted by molar-refractivity contribution is -0.132. The molecule has 0 aromatic carbocycles. The summed E-state index contributed by atoms with van der Waals surface area (Å²) in [4.78, 5) is 20.4. The van der Waals surface area contributed by atoms with Crippen LogP contribution in [-0.2, 0) is 16.2 Å². The largest absolute Gasteiger partial charge is 0.273 e. The normalized spacial score (nSPS) is 9.83. The molecule has 0 unspecified atom stereocenters. The molecule has 0 saturated heterocycles. The fraction of sp³-hybridized carbons (Fsp3) is 0.429. The van der Waals surface area contributed by atoms with Gasteiger partial charge in [0.25, 0.3) is 0 Å². The first-order valence-corrected chi connectivity index (χ1v) is 4.35. The molecule has 0 aliphatic rings. The maximum Gasteiger partial charge on any atom is 0.240 e. The molecule has 0 aliphatic heterocycles. The fourth-order valence-electron chi connectivity index (χ4n) is 0.668. The molecule has 1 N–H and O–H groups in total. The van der Waals surface area contributed by atoms with Crippen molar-refractivity contribution in [1.29, 1.82) is 0 Å². The van der Waals surface area contributed by atoms with Crippen LogP contribution in [0.15, 0.2) is 5.51 Å². The zero-order chi connectivity index (χ0) is 8.97. The quantitative estimate of drug-likeness (QED) is 0.717. The van der Waals surface area contributed by atoms with Crippen molar-refractivity contribution in [2.45, 2.75) is 20.5 Å². The second-order valence-electron chi connectivity index (χ2n) is 2.31. The highest BCUT2D eigenvalue weighted by atomic mass is 32.1. The highest BCUT2D eigenvalue weighted by Crippen LogP contribution is 2.12. The van der Waals surface area contributed by atoms with Crippen molar-refractivity contribution in [2.24, 2.45) is 0 Å². The van der Waals surface area contributed by atoms with Crippen molar-refractivity contribution < 1.29 is 9.63 Å². The second kappa shape index (κ2) is 4.18. The Morgan fingerprint density at radius 1 is 1.83 bits per heavy atom. The van der Waals surface area contributed by atoms with Gasteiger partial charge in [-0.25, -0.2) is 10.5 Å². The van der Waals surface area contributed by atoms with Crippen LogP contribution in [0.3, 0.4) is 0 Å². The summed E-state index contributed by atoms with van der Waals surface area (Å²) in [7, 11) is 0. The Morgan fingerprint density at radius 2 is 2.58 bits per heavy atom. The third-order valence-corrected chi connectivity index (χ3v) is 2.17. The lowest BCUT2D eigenvalue weighted by atomic mass is 10.4. The smallest absolute Gasteiger partial charge is 0.240 e. The van der Waals surface area contributed by atoms with E-state index in [4.69, 9.17) is 4.84 Å². The molecule has 0 radical (unpaired) electrons. The predicted octanol–water partition coefficient (Wildman–Crippen LogP) is 1.02. The van der Waals surface area contributed by atoms with E-state index in [9.17, 15) is 4.79 Å². The van der Waals surface area contributed by atoms with E-state index in [2.05, 4.69) is 10.5 Å². The number of carbonyl (C=O) groups is 1. The number of thiazole rings is 1. The molecular weight excluding hydrogens is 176 g/mol. The van der Waals surface area contributed by atoms with Gasteiger partial charge in [0.1, 0.15) is 6.61 Å². The minimum atomic E-state index is -0.197. The first-order chi connectivity index (χ1) is 5.70.